The molecule has 1 atom stereocenters. The van der Waals surface area contributed by atoms with Gasteiger partial charge in [-0.2, -0.15) is 0 Å². The van der Waals surface area contributed by atoms with Crippen LogP contribution < -0.4 is 9.92 Å². The summed E-state index contributed by atoms with van der Waals surface area (Å²) in [6, 6.07) is 13.9. The Morgan fingerprint density at radius 3 is 2.41 bits per heavy atom. The zero-order valence-corrected chi connectivity index (χ0v) is 21.8. The van der Waals surface area contributed by atoms with E-state index < -0.39 is 8.07 Å². The first kappa shape index (κ1) is 24.6. The molecule has 1 unspecified atom stereocenters. The number of unbranched alkanes of at least 4 members (excludes halogenated alkanes) is 4. The Bertz CT molecular complexity index is 924. The van der Waals surface area contributed by atoms with Crippen molar-refractivity contribution in [2.75, 3.05) is 6.61 Å². The first-order valence-corrected chi connectivity index (χ1v) is 15.8. The molecular weight excluding hydrogens is 404 g/mol. The first-order valence-electron chi connectivity index (χ1n) is 12.7. The Morgan fingerprint density at radius 1 is 0.969 bits per heavy atom. The molecule has 2 aromatic rings. The highest BCUT2D eigenvalue weighted by atomic mass is 28.3. The Hall–Kier alpha value is -2.06. The molecule has 0 bridgehead atoms. The van der Waals surface area contributed by atoms with E-state index in [9.17, 15) is 0 Å². The van der Waals surface area contributed by atoms with Crippen molar-refractivity contribution in [3.63, 3.8) is 0 Å². The first-order chi connectivity index (χ1) is 15.5. The van der Waals surface area contributed by atoms with E-state index in [1.807, 2.05) is 6.08 Å². The monoisotopic (exact) mass is 446 g/mol. The van der Waals surface area contributed by atoms with Gasteiger partial charge in [0, 0.05) is 5.54 Å². The van der Waals surface area contributed by atoms with E-state index in [-0.39, 0.29) is 0 Å². The van der Waals surface area contributed by atoms with Crippen LogP contribution in [0, 0.1) is 0 Å². The maximum Gasteiger partial charge on any atom is 0.122 e. The van der Waals surface area contributed by atoms with Gasteiger partial charge < -0.3 is 4.74 Å². The normalized spacial score (nSPS) is 15.1. The minimum absolute atomic E-state index is 0.485. The Labute approximate surface area is 197 Å². The van der Waals surface area contributed by atoms with E-state index in [1.54, 1.807) is 0 Å². The van der Waals surface area contributed by atoms with E-state index >= 15 is 0 Å². The minimum Gasteiger partial charge on any atom is -0.489 e. The topological polar surface area (TPSA) is 9.23 Å². The highest BCUT2D eigenvalue weighted by Crippen LogP contribution is 2.39. The van der Waals surface area contributed by atoms with Crippen molar-refractivity contribution >= 4 is 19.3 Å². The molecule has 0 saturated carbocycles. The molecule has 0 amide bonds. The SMILES string of the molecule is C=CCOc1c(CCCCC)cc(CCCCC)cc1[Si](C)(C)C1C=Cc2ccccc21. The molecule has 1 nitrogen and oxygen atoms in total. The second kappa shape index (κ2) is 11.7. The highest BCUT2D eigenvalue weighted by Gasteiger charge is 2.39. The standard InChI is InChI=1S/C30H42OSi/c1-6-9-11-15-24-22-26(17-12-10-7-2)30(31-21-8-3)29(23-24)32(4,5)28-20-19-25-16-13-14-18-27(25)28/h8,13-14,16,18-20,22-23,28H,3,6-7,9-12,15,17,21H2,1-2,4-5H3. The fourth-order valence-corrected chi connectivity index (χ4v) is 8.40. The number of hydrogen-bond acceptors (Lipinski definition) is 1. The van der Waals surface area contributed by atoms with Crippen molar-refractivity contribution in [3.8, 4) is 5.75 Å². The van der Waals surface area contributed by atoms with Crippen molar-refractivity contribution in [2.45, 2.75) is 83.8 Å². The maximum atomic E-state index is 6.46. The third-order valence-corrected chi connectivity index (χ3v) is 10.8. The Balaban J connectivity index is 2.07. The van der Waals surface area contributed by atoms with Gasteiger partial charge >= 0.3 is 0 Å². The molecular formula is C30H42OSi. The lowest BCUT2D eigenvalue weighted by molar-refractivity contribution is 0.361. The van der Waals surface area contributed by atoms with E-state index in [0.717, 1.165) is 12.2 Å². The van der Waals surface area contributed by atoms with Crippen LogP contribution in [0.4, 0.5) is 0 Å². The largest absolute Gasteiger partial charge is 0.489 e. The lowest BCUT2D eigenvalue weighted by Gasteiger charge is -2.33. The van der Waals surface area contributed by atoms with Crippen LogP contribution >= 0.6 is 0 Å². The van der Waals surface area contributed by atoms with Gasteiger partial charge in [0.05, 0.1) is 8.07 Å². The molecule has 172 valence electrons. The summed E-state index contributed by atoms with van der Waals surface area (Å²) in [6.07, 6.45) is 16.5. The summed E-state index contributed by atoms with van der Waals surface area (Å²) in [7, 11) is -1.90. The third-order valence-electron chi connectivity index (χ3n) is 6.96. The fraction of sp³-hybridized carbons (Fsp3) is 0.467. The third kappa shape index (κ3) is 5.64. The predicted molar refractivity (Wildman–Crippen MR) is 144 cm³/mol. The zero-order valence-electron chi connectivity index (χ0n) is 20.8. The van der Waals surface area contributed by atoms with Gasteiger partial charge in [0.2, 0.25) is 0 Å². The molecule has 0 radical (unpaired) electrons. The molecule has 0 aliphatic heterocycles. The van der Waals surface area contributed by atoms with Gasteiger partial charge in [0.25, 0.3) is 0 Å². The molecule has 0 N–H and O–H groups in total. The van der Waals surface area contributed by atoms with Gasteiger partial charge in [-0.05, 0) is 53.1 Å². The van der Waals surface area contributed by atoms with Crippen molar-refractivity contribution in [3.05, 3.63) is 77.4 Å². The van der Waals surface area contributed by atoms with Gasteiger partial charge in [-0.15, -0.1) is 0 Å². The number of aryl methyl sites for hydroxylation is 2. The average Bonchev–Trinajstić information content (AvgIpc) is 3.23. The Morgan fingerprint density at radius 2 is 1.69 bits per heavy atom. The van der Waals surface area contributed by atoms with Gasteiger partial charge in [0.1, 0.15) is 12.4 Å². The number of fused-ring (bicyclic) bond motifs is 1. The maximum absolute atomic E-state index is 6.46. The Kier molecular flexibility index (Phi) is 8.99. The fourth-order valence-electron chi connectivity index (χ4n) is 5.07. The summed E-state index contributed by atoms with van der Waals surface area (Å²) in [4.78, 5) is 0. The summed E-state index contributed by atoms with van der Waals surface area (Å²) in [5.74, 6) is 1.16. The average molecular weight is 447 g/mol. The molecule has 0 fully saturated rings. The minimum atomic E-state index is -1.90. The van der Waals surface area contributed by atoms with Gasteiger partial charge in [-0.25, -0.2) is 0 Å². The van der Waals surface area contributed by atoms with Crippen LogP contribution in [0.1, 0.15) is 80.2 Å². The number of benzene rings is 2. The summed E-state index contributed by atoms with van der Waals surface area (Å²) >= 11 is 0. The quantitative estimate of drug-likeness (QED) is 0.172. The molecule has 3 rings (SSSR count). The van der Waals surface area contributed by atoms with Crippen molar-refractivity contribution < 1.29 is 4.74 Å². The van der Waals surface area contributed by atoms with Crippen LogP contribution in [0.2, 0.25) is 13.1 Å². The van der Waals surface area contributed by atoms with E-state index in [1.165, 1.54) is 72.4 Å². The molecule has 0 saturated heterocycles. The summed E-state index contributed by atoms with van der Waals surface area (Å²) in [6.45, 7) is 14.1. The molecule has 0 aromatic heterocycles. The van der Waals surface area contributed by atoms with Crippen molar-refractivity contribution in [1.29, 1.82) is 0 Å². The van der Waals surface area contributed by atoms with Crippen LogP contribution in [0.5, 0.6) is 5.75 Å². The summed E-state index contributed by atoms with van der Waals surface area (Å²) in [5, 5.41) is 1.49. The second-order valence-corrected chi connectivity index (χ2v) is 14.4. The molecule has 1 aliphatic carbocycles. The molecule has 0 heterocycles. The van der Waals surface area contributed by atoms with E-state index in [2.05, 4.69) is 82.1 Å². The lowest BCUT2D eigenvalue weighted by atomic mass is 10.00. The molecule has 2 heteroatoms. The lowest BCUT2D eigenvalue weighted by Crippen LogP contribution is -2.48. The van der Waals surface area contributed by atoms with Gasteiger partial charge in [-0.3, -0.25) is 0 Å². The number of ether oxygens (including phenoxy) is 1. The summed E-state index contributed by atoms with van der Waals surface area (Å²) < 4.78 is 6.46. The molecule has 2 aromatic carbocycles. The number of allylic oxidation sites excluding steroid dienone is 1. The van der Waals surface area contributed by atoms with Crippen LogP contribution in [0.15, 0.2) is 55.1 Å². The predicted octanol–water partition coefficient (Wildman–Crippen LogP) is 7.98. The zero-order chi connectivity index (χ0) is 23.0. The smallest absolute Gasteiger partial charge is 0.122 e. The van der Waals surface area contributed by atoms with E-state index in [4.69, 9.17) is 4.74 Å². The van der Waals surface area contributed by atoms with Gasteiger partial charge in [0.15, 0.2) is 0 Å². The van der Waals surface area contributed by atoms with Crippen LogP contribution in [0.25, 0.3) is 6.08 Å². The molecule has 32 heavy (non-hydrogen) atoms. The van der Waals surface area contributed by atoms with Crippen LogP contribution in [-0.4, -0.2) is 14.7 Å². The highest BCUT2D eigenvalue weighted by molar-refractivity contribution is 6.92. The van der Waals surface area contributed by atoms with Crippen molar-refractivity contribution in [2.24, 2.45) is 0 Å². The van der Waals surface area contributed by atoms with Crippen LogP contribution in [-0.2, 0) is 12.8 Å². The number of hydrogen-bond donors (Lipinski definition) is 0. The summed E-state index contributed by atoms with van der Waals surface area (Å²) in [5.41, 5.74) is 6.28. The van der Waals surface area contributed by atoms with Crippen LogP contribution in [0.3, 0.4) is 0 Å². The molecule has 1 aliphatic rings. The second-order valence-electron chi connectivity index (χ2n) is 9.83. The molecule has 0 spiro atoms. The van der Waals surface area contributed by atoms with E-state index in [0.29, 0.717) is 12.1 Å². The van der Waals surface area contributed by atoms with Crippen molar-refractivity contribution in [1.82, 2.24) is 0 Å². The number of rotatable bonds is 13. The van der Waals surface area contributed by atoms with Gasteiger partial charge in [-0.1, -0.05) is 114 Å².